The molecule has 2 aliphatic rings. The molecule has 1 unspecified atom stereocenters. The van der Waals surface area contributed by atoms with Crippen molar-refractivity contribution in [2.75, 3.05) is 31.1 Å². The molecule has 0 aliphatic carbocycles. The fourth-order valence-electron chi connectivity index (χ4n) is 4.44. The molecule has 2 saturated heterocycles. The highest BCUT2D eigenvalue weighted by atomic mass is 16.5. The Morgan fingerprint density at radius 3 is 2.40 bits per heavy atom. The fourth-order valence-corrected chi connectivity index (χ4v) is 4.44. The molecule has 1 atom stereocenters. The van der Waals surface area contributed by atoms with Gasteiger partial charge in [-0.2, -0.15) is 0 Å². The molecule has 2 aromatic rings. The van der Waals surface area contributed by atoms with Crippen LogP contribution in [0.3, 0.4) is 0 Å². The predicted molar refractivity (Wildman–Crippen MR) is 115 cm³/mol. The quantitative estimate of drug-likeness (QED) is 0.823. The molecule has 0 aromatic heterocycles. The Balaban J connectivity index is 1.35. The number of aromatic carboxylic acids is 1. The van der Waals surface area contributed by atoms with Gasteiger partial charge in [-0.25, -0.2) is 4.79 Å². The number of hydrogen-bond acceptors (Lipinski definition) is 4. The third-order valence-corrected chi connectivity index (χ3v) is 6.24. The lowest BCUT2D eigenvalue weighted by Crippen LogP contribution is -2.61. The van der Waals surface area contributed by atoms with Gasteiger partial charge in [-0.1, -0.05) is 30.3 Å². The standard InChI is InChI=1S/C24H28N2O4/c1-18-22(27)26(21-5-3-2-4-6-21)17-24(30-18)12-15-25(16-13-24)14-11-19-7-9-20(10-8-19)23(28)29/h2-10,18H,11-17H2,1H3,(H,28,29). The maximum atomic E-state index is 12.7. The first-order valence-electron chi connectivity index (χ1n) is 10.5. The molecule has 6 heteroatoms. The first-order chi connectivity index (χ1) is 14.5. The number of carbonyl (C=O) groups excluding carboxylic acids is 1. The molecular formula is C24H28N2O4. The van der Waals surface area contributed by atoms with Gasteiger partial charge < -0.3 is 19.6 Å². The largest absolute Gasteiger partial charge is 0.478 e. The minimum Gasteiger partial charge on any atom is -0.478 e. The minimum atomic E-state index is -0.896. The summed E-state index contributed by atoms with van der Waals surface area (Å²) >= 11 is 0. The van der Waals surface area contributed by atoms with Crippen LogP contribution in [0, 0.1) is 0 Å². The molecule has 0 saturated carbocycles. The zero-order valence-corrected chi connectivity index (χ0v) is 17.3. The van der Waals surface area contributed by atoms with Gasteiger partial charge in [0.2, 0.25) is 0 Å². The van der Waals surface area contributed by atoms with E-state index in [2.05, 4.69) is 4.90 Å². The smallest absolute Gasteiger partial charge is 0.335 e. The highest BCUT2D eigenvalue weighted by Crippen LogP contribution is 2.35. The van der Waals surface area contributed by atoms with Crippen LogP contribution in [0.1, 0.15) is 35.7 Å². The minimum absolute atomic E-state index is 0.0269. The van der Waals surface area contributed by atoms with Crippen LogP contribution < -0.4 is 4.90 Å². The van der Waals surface area contributed by atoms with Crippen molar-refractivity contribution >= 4 is 17.6 Å². The van der Waals surface area contributed by atoms with E-state index in [0.717, 1.165) is 50.1 Å². The van der Waals surface area contributed by atoms with Gasteiger partial charge >= 0.3 is 5.97 Å². The lowest BCUT2D eigenvalue weighted by molar-refractivity contribution is -0.161. The van der Waals surface area contributed by atoms with Crippen LogP contribution in [-0.2, 0) is 16.0 Å². The Kier molecular flexibility index (Phi) is 5.88. The SMILES string of the molecule is CC1OC2(CCN(CCc3ccc(C(=O)O)cc3)CC2)CN(c2ccccc2)C1=O. The summed E-state index contributed by atoms with van der Waals surface area (Å²) in [6.07, 6.45) is 2.25. The Bertz CT molecular complexity index is 889. The molecule has 1 N–H and O–H groups in total. The van der Waals surface area contributed by atoms with Gasteiger partial charge in [0.15, 0.2) is 0 Å². The first-order valence-corrected chi connectivity index (χ1v) is 10.5. The van der Waals surface area contributed by atoms with E-state index >= 15 is 0 Å². The van der Waals surface area contributed by atoms with E-state index in [9.17, 15) is 9.59 Å². The number of morpholine rings is 1. The number of ether oxygens (including phenoxy) is 1. The number of anilines is 1. The van der Waals surface area contributed by atoms with Gasteiger partial charge in [0, 0.05) is 25.3 Å². The fraction of sp³-hybridized carbons (Fsp3) is 0.417. The van der Waals surface area contributed by atoms with Gasteiger partial charge in [-0.05, 0) is 56.0 Å². The van der Waals surface area contributed by atoms with Crippen LogP contribution >= 0.6 is 0 Å². The number of carboxylic acid groups (broad SMARTS) is 1. The highest BCUT2D eigenvalue weighted by Gasteiger charge is 2.45. The number of carbonyl (C=O) groups is 2. The molecule has 1 amide bonds. The Morgan fingerprint density at radius 1 is 1.10 bits per heavy atom. The number of likely N-dealkylation sites (tertiary alicyclic amines) is 1. The number of carboxylic acids is 1. The average molecular weight is 408 g/mol. The number of benzene rings is 2. The van der Waals surface area contributed by atoms with Gasteiger partial charge in [0.05, 0.1) is 17.7 Å². The number of amides is 1. The zero-order chi connectivity index (χ0) is 21.1. The summed E-state index contributed by atoms with van der Waals surface area (Å²) in [6, 6.07) is 16.9. The van der Waals surface area contributed by atoms with E-state index < -0.39 is 12.1 Å². The molecule has 30 heavy (non-hydrogen) atoms. The molecule has 2 fully saturated rings. The summed E-state index contributed by atoms with van der Waals surface area (Å²) in [4.78, 5) is 28.0. The monoisotopic (exact) mass is 408 g/mol. The first kappa shape index (κ1) is 20.6. The van der Waals surface area contributed by atoms with Gasteiger partial charge in [0.1, 0.15) is 6.10 Å². The van der Waals surface area contributed by atoms with Crippen LogP contribution in [0.2, 0.25) is 0 Å². The average Bonchev–Trinajstić information content (AvgIpc) is 2.77. The lowest BCUT2D eigenvalue weighted by Gasteiger charge is -2.49. The van der Waals surface area contributed by atoms with Gasteiger partial charge in [0.25, 0.3) is 5.91 Å². The van der Waals surface area contributed by atoms with E-state index in [1.807, 2.05) is 54.3 Å². The van der Waals surface area contributed by atoms with Crippen molar-refractivity contribution < 1.29 is 19.4 Å². The summed E-state index contributed by atoms with van der Waals surface area (Å²) in [6.45, 7) is 5.24. The van der Waals surface area contributed by atoms with Gasteiger partial charge in [-0.15, -0.1) is 0 Å². The summed E-state index contributed by atoms with van der Waals surface area (Å²) in [5.74, 6) is -0.869. The van der Waals surface area contributed by atoms with Gasteiger partial charge in [-0.3, -0.25) is 4.79 Å². The van der Waals surface area contributed by atoms with Crippen molar-refractivity contribution in [2.24, 2.45) is 0 Å². The van der Waals surface area contributed by atoms with Crippen molar-refractivity contribution in [1.29, 1.82) is 0 Å². The summed E-state index contributed by atoms with van der Waals surface area (Å²) in [5, 5.41) is 9.01. The molecule has 6 nitrogen and oxygen atoms in total. The summed E-state index contributed by atoms with van der Waals surface area (Å²) in [5.41, 5.74) is 2.11. The highest BCUT2D eigenvalue weighted by molar-refractivity contribution is 5.97. The maximum absolute atomic E-state index is 12.7. The van der Waals surface area contributed by atoms with E-state index in [4.69, 9.17) is 9.84 Å². The summed E-state index contributed by atoms with van der Waals surface area (Å²) in [7, 11) is 0. The third kappa shape index (κ3) is 4.40. The number of rotatable bonds is 5. The van der Waals surface area contributed by atoms with Crippen molar-refractivity contribution in [1.82, 2.24) is 4.90 Å². The molecular weight excluding hydrogens is 380 g/mol. The van der Waals surface area contributed by atoms with Crippen molar-refractivity contribution in [2.45, 2.75) is 37.9 Å². The molecule has 2 aliphatic heterocycles. The zero-order valence-electron chi connectivity index (χ0n) is 17.3. The molecule has 158 valence electrons. The number of hydrogen-bond donors (Lipinski definition) is 1. The molecule has 4 rings (SSSR count). The van der Waals surface area contributed by atoms with Crippen LogP contribution in [0.5, 0.6) is 0 Å². The van der Waals surface area contributed by atoms with Crippen molar-refractivity contribution in [3.05, 3.63) is 65.7 Å². The van der Waals surface area contributed by atoms with E-state index in [0.29, 0.717) is 12.1 Å². The Labute approximate surface area is 177 Å². The Morgan fingerprint density at radius 2 is 1.77 bits per heavy atom. The number of para-hydroxylation sites is 1. The summed E-state index contributed by atoms with van der Waals surface area (Å²) < 4.78 is 6.25. The second kappa shape index (κ2) is 8.58. The maximum Gasteiger partial charge on any atom is 0.335 e. The Hall–Kier alpha value is -2.70. The van der Waals surface area contributed by atoms with Crippen molar-refractivity contribution in [3.63, 3.8) is 0 Å². The molecule has 2 heterocycles. The van der Waals surface area contributed by atoms with Crippen LogP contribution in [0.4, 0.5) is 5.69 Å². The predicted octanol–water partition coefficient (Wildman–Crippen LogP) is 3.21. The number of nitrogens with zero attached hydrogens (tertiary/aromatic N) is 2. The van der Waals surface area contributed by atoms with E-state index in [1.54, 1.807) is 12.1 Å². The van der Waals surface area contributed by atoms with Crippen LogP contribution in [0.25, 0.3) is 0 Å². The number of piperidine rings is 1. The van der Waals surface area contributed by atoms with Crippen molar-refractivity contribution in [3.8, 4) is 0 Å². The molecule has 0 radical (unpaired) electrons. The van der Waals surface area contributed by atoms with Crippen LogP contribution in [-0.4, -0.2) is 59.8 Å². The molecule has 1 spiro atoms. The lowest BCUT2D eigenvalue weighted by atomic mass is 9.88. The molecule has 0 bridgehead atoms. The van der Waals surface area contributed by atoms with Crippen LogP contribution in [0.15, 0.2) is 54.6 Å². The molecule has 2 aromatic carbocycles. The van der Waals surface area contributed by atoms with E-state index in [-0.39, 0.29) is 11.5 Å². The third-order valence-electron chi connectivity index (χ3n) is 6.24. The van der Waals surface area contributed by atoms with E-state index in [1.165, 1.54) is 0 Å². The topological polar surface area (TPSA) is 70.1 Å². The second-order valence-corrected chi connectivity index (χ2v) is 8.30. The second-order valence-electron chi connectivity index (χ2n) is 8.30. The normalized spacial score (nSPS) is 21.7.